The van der Waals surface area contributed by atoms with Gasteiger partial charge in [-0.1, -0.05) is 55.1 Å². The monoisotopic (exact) mass is 343 g/mol. The normalized spacial score (nSPS) is 10.2. The Hall–Kier alpha value is -3.33. The molecule has 0 aliphatic rings. The van der Waals surface area contributed by atoms with Gasteiger partial charge in [-0.25, -0.2) is 0 Å². The highest BCUT2D eigenvalue weighted by atomic mass is 16.5. The molecule has 3 aromatic carbocycles. The highest BCUT2D eigenvalue weighted by Crippen LogP contribution is 2.21. The van der Waals surface area contributed by atoms with E-state index in [4.69, 9.17) is 4.74 Å². The Bertz CT molecular complexity index is 899. The Morgan fingerprint density at radius 3 is 2.31 bits per heavy atom. The number of ether oxygens (including phenoxy) is 1. The summed E-state index contributed by atoms with van der Waals surface area (Å²) in [5.41, 5.74) is 4.45. The molecule has 3 nitrogen and oxygen atoms in total. The number of carbonyl (C=O) groups is 1. The van der Waals surface area contributed by atoms with E-state index in [-0.39, 0.29) is 5.91 Å². The standard InChI is InChI=1S/C23H21NO2/c1-17(2)16-26-22-10-6-9-21(15-22)24-23(25)20-13-11-19(12-14-20)18-7-4-3-5-8-18/h3-15H,1,16H2,2H3,(H,24,25). The first kappa shape index (κ1) is 17.5. The molecule has 0 aromatic heterocycles. The van der Waals surface area contributed by atoms with E-state index >= 15 is 0 Å². The van der Waals surface area contributed by atoms with Gasteiger partial charge in [-0.15, -0.1) is 0 Å². The minimum absolute atomic E-state index is 0.151. The Morgan fingerprint density at radius 2 is 1.62 bits per heavy atom. The minimum Gasteiger partial charge on any atom is -0.489 e. The molecule has 1 N–H and O–H groups in total. The van der Waals surface area contributed by atoms with Gasteiger partial charge in [0.2, 0.25) is 0 Å². The lowest BCUT2D eigenvalue weighted by Crippen LogP contribution is -2.11. The summed E-state index contributed by atoms with van der Waals surface area (Å²) in [6, 6.07) is 25.0. The molecule has 0 saturated carbocycles. The molecule has 0 spiro atoms. The Labute approximate surface area is 154 Å². The van der Waals surface area contributed by atoms with Gasteiger partial charge in [0.25, 0.3) is 5.91 Å². The van der Waals surface area contributed by atoms with Gasteiger partial charge in [0.1, 0.15) is 12.4 Å². The summed E-state index contributed by atoms with van der Waals surface area (Å²) in [5.74, 6) is 0.548. The molecule has 0 fully saturated rings. The van der Waals surface area contributed by atoms with E-state index < -0.39 is 0 Å². The van der Waals surface area contributed by atoms with Crippen molar-refractivity contribution < 1.29 is 9.53 Å². The van der Waals surface area contributed by atoms with Crippen LogP contribution in [0.5, 0.6) is 5.75 Å². The minimum atomic E-state index is -0.151. The zero-order valence-electron chi connectivity index (χ0n) is 14.7. The summed E-state index contributed by atoms with van der Waals surface area (Å²) in [6.07, 6.45) is 0. The van der Waals surface area contributed by atoms with E-state index in [1.54, 1.807) is 6.07 Å². The molecule has 26 heavy (non-hydrogen) atoms. The molecule has 0 heterocycles. The number of carbonyl (C=O) groups excluding carboxylic acids is 1. The number of rotatable bonds is 6. The fourth-order valence-electron chi connectivity index (χ4n) is 2.52. The first-order valence-electron chi connectivity index (χ1n) is 8.46. The predicted octanol–water partition coefficient (Wildman–Crippen LogP) is 5.56. The molecule has 3 aromatic rings. The summed E-state index contributed by atoms with van der Waals surface area (Å²) in [5, 5.41) is 2.90. The van der Waals surface area contributed by atoms with Crippen molar-refractivity contribution in [2.45, 2.75) is 6.92 Å². The lowest BCUT2D eigenvalue weighted by Gasteiger charge is -2.09. The van der Waals surface area contributed by atoms with Gasteiger partial charge in [-0.3, -0.25) is 4.79 Å². The van der Waals surface area contributed by atoms with Crippen LogP contribution < -0.4 is 10.1 Å². The van der Waals surface area contributed by atoms with Crippen LogP contribution in [0, 0.1) is 0 Å². The first-order valence-corrected chi connectivity index (χ1v) is 8.46. The lowest BCUT2D eigenvalue weighted by atomic mass is 10.0. The van der Waals surface area contributed by atoms with Crippen molar-refractivity contribution in [2.75, 3.05) is 11.9 Å². The van der Waals surface area contributed by atoms with E-state index in [9.17, 15) is 4.79 Å². The summed E-state index contributed by atoms with van der Waals surface area (Å²) < 4.78 is 5.61. The summed E-state index contributed by atoms with van der Waals surface area (Å²) in [6.45, 7) is 6.18. The zero-order valence-corrected chi connectivity index (χ0v) is 14.7. The van der Waals surface area contributed by atoms with Crippen molar-refractivity contribution in [1.29, 1.82) is 0 Å². The van der Waals surface area contributed by atoms with Gasteiger partial charge in [-0.05, 0) is 47.9 Å². The van der Waals surface area contributed by atoms with Crippen LogP contribution in [0.4, 0.5) is 5.69 Å². The second-order valence-electron chi connectivity index (χ2n) is 6.17. The number of nitrogens with one attached hydrogen (secondary N) is 1. The number of hydrogen-bond acceptors (Lipinski definition) is 2. The molecule has 0 bridgehead atoms. The van der Waals surface area contributed by atoms with Gasteiger partial charge in [-0.2, -0.15) is 0 Å². The molecule has 3 rings (SSSR count). The van der Waals surface area contributed by atoms with E-state index in [1.807, 2.05) is 79.7 Å². The Kier molecular flexibility index (Phi) is 5.49. The fourth-order valence-corrected chi connectivity index (χ4v) is 2.52. The predicted molar refractivity (Wildman–Crippen MR) is 107 cm³/mol. The van der Waals surface area contributed by atoms with Gasteiger partial charge in [0.05, 0.1) is 0 Å². The zero-order chi connectivity index (χ0) is 18.4. The molecule has 3 heteroatoms. The highest BCUT2D eigenvalue weighted by molar-refractivity contribution is 6.04. The van der Waals surface area contributed by atoms with Crippen molar-refractivity contribution in [3.05, 3.63) is 96.6 Å². The lowest BCUT2D eigenvalue weighted by molar-refractivity contribution is 0.102. The largest absolute Gasteiger partial charge is 0.489 e. The average molecular weight is 343 g/mol. The number of hydrogen-bond donors (Lipinski definition) is 1. The van der Waals surface area contributed by atoms with Crippen LogP contribution in [0.2, 0.25) is 0 Å². The average Bonchev–Trinajstić information content (AvgIpc) is 2.67. The topological polar surface area (TPSA) is 38.3 Å². The SMILES string of the molecule is C=C(C)COc1cccc(NC(=O)c2ccc(-c3ccccc3)cc2)c1. The molecule has 0 radical (unpaired) electrons. The highest BCUT2D eigenvalue weighted by Gasteiger charge is 2.07. The maximum Gasteiger partial charge on any atom is 0.255 e. The molecular formula is C23H21NO2. The maximum absolute atomic E-state index is 12.5. The van der Waals surface area contributed by atoms with Crippen molar-refractivity contribution >= 4 is 11.6 Å². The van der Waals surface area contributed by atoms with Crippen LogP contribution in [0.15, 0.2) is 91.0 Å². The molecule has 130 valence electrons. The van der Waals surface area contributed by atoms with Gasteiger partial charge in [0.15, 0.2) is 0 Å². The maximum atomic E-state index is 12.5. The number of anilines is 1. The second-order valence-corrected chi connectivity index (χ2v) is 6.17. The summed E-state index contributed by atoms with van der Waals surface area (Å²) >= 11 is 0. The van der Waals surface area contributed by atoms with Crippen LogP contribution in [0.1, 0.15) is 17.3 Å². The third-order valence-corrected chi connectivity index (χ3v) is 3.83. The van der Waals surface area contributed by atoms with Crippen LogP contribution in [-0.4, -0.2) is 12.5 Å². The molecule has 0 atom stereocenters. The molecular weight excluding hydrogens is 322 g/mol. The fraction of sp³-hybridized carbons (Fsp3) is 0.0870. The summed E-state index contributed by atoms with van der Waals surface area (Å²) in [7, 11) is 0. The third kappa shape index (κ3) is 4.61. The summed E-state index contributed by atoms with van der Waals surface area (Å²) in [4.78, 5) is 12.5. The third-order valence-electron chi connectivity index (χ3n) is 3.83. The molecule has 0 aliphatic carbocycles. The van der Waals surface area contributed by atoms with Crippen LogP contribution in [0.25, 0.3) is 11.1 Å². The van der Waals surface area contributed by atoms with E-state index in [0.717, 1.165) is 16.7 Å². The molecule has 0 unspecified atom stereocenters. The molecule has 1 amide bonds. The van der Waals surface area contributed by atoms with Gasteiger partial charge in [0, 0.05) is 17.3 Å². The molecule has 0 saturated heterocycles. The van der Waals surface area contributed by atoms with Crippen LogP contribution in [0.3, 0.4) is 0 Å². The van der Waals surface area contributed by atoms with Gasteiger partial charge < -0.3 is 10.1 Å². The van der Waals surface area contributed by atoms with Crippen LogP contribution in [-0.2, 0) is 0 Å². The smallest absolute Gasteiger partial charge is 0.255 e. The number of benzene rings is 3. The Balaban J connectivity index is 1.68. The first-order chi connectivity index (χ1) is 12.6. The van der Waals surface area contributed by atoms with Crippen molar-refractivity contribution in [1.82, 2.24) is 0 Å². The van der Waals surface area contributed by atoms with Crippen molar-refractivity contribution in [2.24, 2.45) is 0 Å². The molecule has 0 aliphatic heterocycles. The van der Waals surface area contributed by atoms with E-state index in [1.165, 1.54) is 0 Å². The quantitative estimate of drug-likeness (QED) is 0.595. The second kappa shape index (κ2) is 8.17. The van der Waals surface area contributed by atoms with E-state index in [2.05, 4.69) is 11.9 Å². The van der Waals surface area contributed by atoms with Crippen LogP contribution >= 0.6 is 0 Å². The van der Waals surface area contributed by atoms with Crippen molar-refractivity contribution in [3.63, 3.8) is 0 Å². The Morgan fingerprint density at radius 1 is 0.923 bits per heavy atom. The van der Waals surface area contributed by atoms with Gasteiger partial charge >= 0.3 is 0 Å². The number of amides is 1. The van der Waals surface area contributed by atoms with Crippen molar-refractivity contribution in [3.8, 4) is 16.9 Å². The van der Waals surface area contributed by atoms with E-state index in [0.29, 0.717) is 23.6 Å².